The zero-order chi connectivity index (χ0) is 17.9. The number of hydrogen-bond acceptors (Lipinski definition) is 4. The highest BCUT2D eigenvalue weighted by atomic mass is 35.5. The quantitative estimate of drug-likeness (QED) is 0.782. The predicted octanol–water partition coefficient (Wildman–Crippen LogP) is 2.84. The fraction of sp³-hybridized carbons (Fsp3) is 0.333. The summed E-state index contributed by atoms with van der Waals surface area (Å²) in [6.45, 7) is 2.84. The van der Waals surface area contributed by atoms with Gasteiger partial charge in [0.1, 0.15) is 5.60 Å². The first-order chi connectivity index (χ1) is 11.9. The number of pyridine rings is 1. The van der Waals surface area contributed by atoms with E-state index in [2.05, 4.69) is 15.6 Å². The predicted molar refractivity (Wildman–Crippen MR) is 95.6 cm³/mol. The van der Waals surface area contributed by atoms with Gasteiger partial charge in [0.2, 0.25) is 0 Å². The van der Waals surface area contributed by atoms with Crippen LogP contribution in [0, 0.1) is 0 Å². The number of benzene rings is 1. The Morgan fingerprint density at radius 1 is 1.44 bits per heavy atom. The van der Waals surface area contributed by atoms with E-state index in [1.165, 1.54) is 0 Å². The Morgan fingerprint density at radius 2 is 2.28 bits per heavy atom. The van der Waals surface area contributed by atoms with Crippen LogP contribution in [0.3, 0.4) is 0 Å². The molecule has 0 fully saturated rings. The number of hydrogen-bond donors (Lipinski definition) is 3. The summed E-state index contributed by atoms with van der Waals surface area (Å²) in [7, 11) is 0. The number of carbonyl (C=O) groups is 1. The average molecular weight is 362 g/mol. The van der Waals surface area contributed by atoms with E-state index in [0.717, 1.165) is 17.7 Å². The van der Waals surface area contributed by atoms with E-state index in [0.29, 0.717) is 29.5 Å². The summed E-state index contributed by atoms with van der Waals surface area (Å²) >= 11 is 5.95. The Labute approximate surface area is 151 Å². The second-order valence-corrected chi connectivity index (χ2v) is 6.66. The number of aliphatic hydroxyl groups is 1. The third-order valence-corrected chi connectivity index (χ3v) is 4.33. The molecule has 0 aliphatic carbocycles. The van der Waals surface area contributed by atoms with Gasteiger partial charge in [-0.1, -0.05) is 23.7 Å². The smallest absolute Gasteiger partial charge is 0.319 e. The molecule has 1 unspecified atom stereocenters. The lowest BCUT2D eigenvalue weighted by molar-refractivity contribution is 0.0599. The largest absolute Gasteiger partial charge is 0.384 e. The maximum absolute atomic E-state index is 12.1. The van der Waals surface area contributed by atoms with E-state index in [4.69, 9.17) is 16.3 Å². The summed E-state index contributed by atoms with van der Waals surface area (Å²) < 4.78 is 5.39. The minimum atomic E-state index is -1.23. The Balaban J connectivity index is 1.59. The standard InChI is InChI=1S/C18H20ClN3O3/c1-18(24,13-3-2-4-14(19)8-13)11-21-17(23)22-15-7-12-10-25-6-5-16(12)20-9-15/h2-4,7-9,24H,5-6,10-11H2,1H3,(H2,21,22,23). The fourth-order valence-corrected chi connectivity index (χ4v) is 2.85. The molecule has 132 valence electrons. The molecule has 3 rings (SSSR count). The number of ether oxygens (including phenoxy) is 1. The molecule has 1 atom stereocenters. The van der Waals surface area contributed by atoms with Crippen LogP contribution in [0.2, 0.25) is 5.02 Å². The Kier molecular flexibility index (Phi) is 5.22. The van der Waals surface area contributed by atoms with Crippen molar-refractivity contribution in [3.05, 3.63) is 58.4 Å². The normalized spacial score (nSPS) is 15.8. The van der Waals surface area contributed by atoms with Crippen LogP contribution in [-0.2, 0) is 23.4 Å². The second-order valence-electron chi connectivity index (χ2n) is 6.22. The molecule has 7 heteroatoms. The maximum atomic E-state index is 12.1. The first kappa shape index (κ1) is 17.7. The number of rotatable bonds is 4. The maximum Gasteiger partial charge on any atom is 0.319 e. The molecule has 2 heterocycles. The number of urea groups is 1. The van der Waals surface area contributed by atoms with Crippen molar-refractivity contribution in [1.29, 1.82) is 0 Å². The first-order valence-corrected chi connectivity index (χ1v) is 8.41. The van der Waals surface area contributed by atoms with E-state index < -0.39 is 11.6 Å². The lowest BCUT2D eigenvalue weighted by Gasteiger charge is -2.24. The molecule has 3 N–H and O–H groups in total. The van der Waals surface area contributed by atoms with Crippen molar-refractivity contribution in [3.63, 3.8) is 0 Å². The Bertz CT molecular complexity index is 780. The van der Waals surface area contributed by atoms with Gasteiger partial charge in [-0.2, -0.15) is 0 Å². The van der Waals surface area contributed by atoms with Gasteiger partial charge in [0.25, 0.3) is 0 Å². The van der Waals surface area contributed by atoms with Gasteiger partial charge in [0.05, 0.1) is 31.6 Å². The first-order valence-electron chi connectivity index (χ1n) is 8.03. The van der Waals surface area contributed by atoms with Crippen molar-refractivity contribution in [1.82, 2.24) is 10.3 Å². The van der Waals surface area contributed by atoms with Gasteiger partial charge in [-0.05, 0) is 30.7 Å². The van der Waals surface area contributed by atoms with Gasteiger partial charge in [-0.15, -0.1) is 0 Å². The zero-order valence-electron chi connectivity index (χ0n) is 13.9. The zero-order valence-corrected chi connectivity index (χ0v) is 14.6. The van der Waals surface area contributed by atoms with Gasteiger partial charge < -0.3 is 20.5 Å². The highest BCUT2D eigenvalue weighted by Gasteiger charge is 2.24. The van der Waals surface area contributed by atoms with Crippen molar-refractivity contribution in [2.75, 3.05) is 18.5 Å². The van der Waals surface area contributed by atoms with Crippen LogP contribution in [0.1, 0.15) is 23.7 Å². The summed E-state index contributed by atoms with van der Waals surface area (Å²) in [6, 6.07) is 8.37. The van der Waals surface area contributed by atoms with E-state index in [9.17, 15) is 9.90 Å². The highest BCUT2D eigenvalue weighted by molar-refractivity contribution is 6.30. The number of carbonyl (C=O) groups excluding carboxylic acids is 1. The molecule has 6 nitrogen and oxygen atoms in total. The molecular formula is C18H20ClN3O3. The van der Waals surface area contributed by atoms with E-state index in [-0.39, 0.29) is 6.54 Å². The number of fused-ring (bicyclic) bond motifs is 1. The molecule has 2 amide bonds. The molecule has 2 aromatic rings. The molecule has 25 heavy (non-hydrogen) atoms. The van der Waals surface area contributed by atoms with Crippen molar-refractivity contribution in [3.8, 4) is 0 Å². The van der Waals surface area contributed by atoms with Crippen LogP contribution in [0.4, 0.5) is 10.5 Å². The van der Waals surface area contributed by atoms with Gasteiger partial charge in [-0.3, -0.25) is 4.98 Å². The molecule has 1 aliphatic heterocycles. The fourth-order valence-electron chi connectivity index (χ4n) is 2.66. The van der Waals surface area contributed by atoms with Gasteiger partial charge in [-0.25, -0.2) is 4.79 Å². The van der Waals surface area contributed by atoms with Crippen LogP contribution in [0.25, 0.3) is 0 Å². The molecule has 0 radical (unpaired) electrons. The van der Waals surface area contributed by atoms with E-state index in [1.54, 1.807) is 37.4 Å². The van der Waals surface area contributed by atoms with Crippen molar-refractivity contribution >= 4 is 23.3 Å². The van der Waals surface area contributed by atoms with Crippen LogP contribution in [0.5, 0.6) is 0 Å². The minimum Gasteiger partial charge on any atom is -0.384 e. The number of aromatic nitrogens is 1. The van der Waals surface area contributed by atoms with Crippen molar-refractivity contribution in [2.45, 2.75) is 25.6 Å². The molecule has 0 saturated heterocycles. The van der Waals surface area contributed by atoms with Crippen LogP contribution < -0.4 is 10.6 Å². The van der Waals surface area contributed by atoms with Crippen molar-refractivity contribution < 1.29 is 14.6 Å². The van der Waals surface area contributed by atoms with Gasteiger partial charge in [0, 0.05) is 22.7 Å². The number of amides is 2. The third kappa shape index (κ3) is 4.48. The average Bonchev–Trinajstić information content (AvgIpc) is 2.60. The van der Waals surface area contributed by atoms with Gasteiger partial charge in [0.15, 0.2) is 0 Å². The minimum absolute atomic E-state index is 0.0423. The molecular weight excluding hydrogens is 342 g/mol. The number of nitrogens with zero attached hydrogens (tertiary/aromatic N) is 1. The summed E-state index contributed by atoms with van der Waals surface area (Å²) in [5.74, 6) is 0. The molecule has 1 aromatic carbocycles. The molecule has 0 saturated carbocycles. The molecule has 1 aliphatic rings. The number of anilines is 1. The van der Waals surface area contributed by atoms with E-state index in [1.807, 2.05) is 6.07 Å². The van der Waals surface area contributed by atoms with Crippen LogP contribution in [-0.4, -0.2) is 29.3 Å². The SMILES string of the molecule is CC(O)(CNC(=O)Nc1cnc2c(c1)COCC2)c1cccc(Cl)c1. The molecule has 0 spiro atoms. The topological polar surface area (TPSA) is 83.5 Å². The van der Waals surface area contributed by atoms with E-state index >= 15 is 0 Å². The summed E-state index contributed by atoms with van der Waals surface area (Å²) in [4.78, 5) is 16.5. The Hall–Kier alpha value is -2.15. The lowest BCUT2D eigenvalue weighted by Crippen LogP contribution is -2.40. The number of halogens is 1. The molecule has 0 bridgehead atoms. The lowest BCUT2D eigenvalue weighted by atomic mass is 9.96. The summed E-state index contributed by atoms with van der Waals surface area (Å²) in [6.07, 6.45) is 2.41. The van der Waals surface area contributed by atoms with Crippen LogP contribution >= 0.6 is 11.6 Å². The Morgan fingerprint density at radius 3 is 3.08 bits per heavy atom. The van der Waals surface area contributed by atoms with Crippen molar-refractivity contribution in [2.24, 2.45) is 0 Å². The summed E-state index contributed by atoms with van der Waals surface area (Å²) in [5.41, 5.74) is 1.97. The number of nitrogens with one attached hydrogen (secondary N) is 2. The summed E-state index contributed by atoms with van der Waals surface area (Å²) in [5, 5.41) is 16.5. The van der Waals surface area contributed by atoms with Crippen LogP contribution in [0.15, 0.2) is 36.5 Å². The second kappa shape index (κ2) is 7.39. The monoisotopic (exact) mass is 361 g/mol. The molecule has 1 aromatic heterocycles. The van der Waals surface area contributed by atoms with Gasteiger partial charge >= 0.3 is 6.03 Å². The highest BCUT2D eigenvalue weighted by Crippen LogP contribution is 2.23. The third-order valence-electron chi connectivity index (χ3n) is 4.10.